The number of hydrogen-bond donors (Lipinski definition) is 1. The summed E-state index contributed by atoms with van der Waals surface area (Å²) in [5, 5.41) is 0.480. The minimum absolute atomic E-state index is 0.0934. The molecule has 3 aromatic rings. The normalized spacial score (nSPS) is 11.6. The van der Waals surface area contributed by atoms with E-state index >= 15 is 0 Å². The first kappa shape index (κ1) is 16.7. The Balaban J connectivity index is 2.12. The van der Waals surface area contributed by atoms with Crippen molar-refractivity contribution in [2.45, 2.75) is 16.3 Å². The van der Waals surface area contributed by atoms with Gasteiger partial charge in [0.15, 0.2) is 0 Å². The SMILES string of the molecule is NCCc1oc(-c2ccc(Cl)cc2)nc1S(=O)(=O)c1ccccc1. The van der Waals surface area contributed by atoms with Crippen LogP contribution in [0, 0.1) is 0 Å². The number of oxazole rings is 1. The van der Waals surface area contributed by atoms with E-state index in [1.165, 1.54) is 12.1 Å². The second-order valence-electron chi connectivity index (χ2n) is 5.11. The van der Waals surface area contributed by atoms with Gasteiger partial charge in [-0.05, 0) is 42.9 Å². The van der Waals surface area contributed by atoms with Crippen LogP contribution in [0.3, 0.4) is 0 Å². The highest BCUT2D eigenvalue weighted by Gasteiger charge is 2.27. The number of sulfone groups is 1. The third-order valence-corrected chi connectivity index (χ3v) is 5.40. The lowest BCUT2D eigenvalue weighted by Gasteiger charge is -2.02. The van der Waals surface area contributed by atoms with Crippen LogP contribution in [-0.2, 0) is 16.3 Å². The molecule has 0 aliphatic carbocycles. The molecule has 0 bridgehead atoms. The van der Waals surface area contributed by atoms with Gasteiger partial charge in [-0.25, -0.2) is 8.42 Å². The van der Waals surface area contributed by atoms with E-state index in [2.05, 4.69) is 4.98 Å². The summed E-state index contributed by atoms with van der Waals surface area (Å²) < 4.78 is 31.4. The van der Waals surface area contributed by atoms with Gasteiger partial charge in [0, 0.05) is 17.0 Å². The van der Waals surface area contributed by atoms with Crippen LogP contribution in [0.25, 0.3) is 11.5 Å². The third-order valence-electron chi connectivity index (χ3n) is 3.43. The zero-order valence-electron chi connectivity index (χ0n) is 12.6. The van der Waals surface area contributed by atoms with Crippen LogP contribution < -0.4 is 5.73 Å². The zero-order chi connectivity index (χ0) is 17.2. The van der Waals surface area contributed by atoms with Crippen LogP contribution in [-0.4, -0.2) is 19.9 Å². The average molecular weight is 363 g/mol. The third kappa shape index (κ3) is 3.21. The molecule has 5 nitrogen and oxygen atoms in total. The Bertz CT molecular complexity index is 936. The Morgan fingerprint density at radius 2 is 1.71 bits per heavy atom. The monoisotopic (exact) mass is 362 g/mol. The molecule has 124 valence electrons. The van der Waals surface area contributed by atoms with Gasteiger partial charge < -0.3 is 10.2 Å². The number of aromatic nitrogens is 1. The maximum Gasteiger partial charge on any atom is 0.227 e. The van der Waals surface area contributed by atoms with Crippen molar-refractivity contribution in [3.63, 3.8) is 0 Å². The molecule has 1 aromatic heterocycles. The van der Waals surface area contributed by atoms with Crippen molar-refractivity contribution in [1.29, 1.82) is 0 Å². The summed E-state index contributed by atoms with van der Waals surface area (Å²) in [7, 11) is -3.77. The van der Waals surface area contributed by atoms with Crippen LogP contribution in [0.2, 0.25) is 5.02 Å². The van der Waals surface area contributed by atoms with E-state index in [9.17, 15) is 8.42 Å². The standard InChI is InChI=1S/C17H15ClN2O3S/c18-13-8-6-12(7-9-13)16-20-17(15(23-16)10-11-19)24(21,22)14-4-2-1-3-5-14/h1-9H,10-11,19H2. The van der Waals surface area contributed by atoms with Gasteiger partial charge in [0.25, 0.3) is 0 Å². The number of hydrogen-bond acceptors (Lipinski definition) is 5. The van der Waals surface area contributed by atoms with Crippen molar-refractivity contribution >= 4 is 21.4 Å². The molecule has 0 saturated carbocycles. The lowest BCUT2D eigenvalue weighted by Crippen LogP contribution is -2.09. The molecule has 0 saturated heterocycles. The zero-order valence-corrected chi connectivity index (χ0v) is 14.2. The Kier molecular flexibility index (Phi) is 4.71. The molecule has 24 heavy (non-hydrogen) atoms. The van der Waals surface area contributed by atoms with Gasteiger partial charge in [-0.1, -0.05) is 29.8 Å². The molecule has 0 aliphatic heterocycles. The molecule has 0 aliphatic rings. The quantitative estimate of drug-likeness (QED) is 0.752. The Hall–Kier alpha value is -2.15. The molecule has 7 heteroatoms. The number of rotatable bonds is 5. The van der Waals surface area contributed by atoms with Crippen LogP contribution in [0.4, 0.5) is 0 Å². The predicted molar refractivity (Wildman–Crippen MR) is 91.6 cm³/mol. The molecule has 0 amide bonds. The maximum absolute atomic E-state index is 12.8. The molecule has 0 unspecified atom stereocenters. The van der Waals surface area contributed by atoms with Crippen molar-refractivity contribution in [2.24, 2.45) is 5.73 Å². The molecule has 2 aromatic carbocycles. The van der Waals surface area contributed by atoms with Crippen molar-refractivity contribution in [2.75, 3.05) is 6.54 Å². The van der Waals surface area contributed by atoms with Crippen LogP contribution in [0.5, 0.6) is 0 Å². The van der Waals surface area contributed by atoms with Crippen LogP contribution in [0.15, 0.2) is 68.9 Å². The molecule has 0 spiro atoms. The highest BCUT2D eigenvalue weighted by atomic mass is 35.5. The molecular formula is C17H15ClN2O3S. The van der Waals surface area contributed by atoms with Crippen LogP contribution >= 0.6 is 11.6 Å². The first-order chi connectivity index (χ1) is 11.5. The maximum atomic E-state index is 12.8. The molecule has 3 rings (SSSR count). The Morgan fingerprint density at radius 3 is 2.33 bits per heavy atom. The van der Waals surface area contributed by atoms with Gasteiger partial charge in [-0.3, -0.25) is 0 Å². The first-order valence-corrected chi connectivity index (χ1v) is 9.14. The van der Waals surface area contributed by atoms with Crippen molar-refractivity contribution < 1.29 is 12.8 Å². The summed E-state index contributed by atoms with van der Waals surface area (Å²) in [6.07, 6.45) is 0.280. The van der Waals surface area contributed by atoms with Crippen molar-refractivity contribution in [1.82, 2.24) is 4.98 Å². The largest absolute Gasteiger partial charge is 0.440 e. The smallest absolute Gasteiger partial charge is 0.227 e. The highest BCUT2D eigenvalue weighted by Crippen LogP contribution is 2.29. The summed E-state index contributed by atoms with van der Waals surface area (Å²) in [4.78, 5) is 4.39. The van der Waals surface area contributed by atoms with Gasteiger partial charge in [-0.15, -0.1) is 0 Å². The highest BCUT2D eigenvalue weighted by molar-refractivity contribution is 7.91. The number of nitrogens with two attached hydrogens (primary N) is 1. The molecule has 0 fully saturated rings. The van der Waals surface area contributed by atoms with Gasteiger partial charge in [0.1, 0.15) is 5.76 Å². The second-order valence-corrected chi connectivity index (χ2v) is 7.41. The number of nitrogens with zero attached hydrogens (tertiary/aromatic N) is 1. The minimum Gasteiger partial charge on any atom is -0.440 e. The van der Waals surface area contributed by atoms with Crippen molar-refractivity contribution in [3.8, 4) is 11.5 Å². The van der Waals surface area contributed by atoms with E-state index in [0.29, 0.717) is 10.6 Å². The van der Waals surface area contributed by atoms with E-state index in [0.717, 1.165) is 0 Å². The lowest BCUT2D eigenvalue weighted by molar-refractivity contribution is 0.509. The fourth-order valence-corrected chi connectivity index (χ4v) is 3.78. The topological polar surface area (TPSA) is 86.2 Å². The van der Waals surface area contributed by atoms with Gasteiger partial charge in [-0.2, -0.15) is 4.98 Å². The van der Waals surface area contributed by atoms with Crippen molar-refractivity contribution in [3.05, 3.63) is 65.4 Å². The van der Waals surface area contributed by atoms with E-state index in [1.807, 2.05) is 0 Å². The summed E-state index contributed by atoms with van der Waals surface area (Å²) in [6.45, 7) is 0.257. The fraction of sp³-hybridized carbons (Fsp3) is 0.118. The van der Waals surface area contributed by atoms with E-state index in [-0.39, 0.29) is 34.5 Å². The van der Waals surface area contributed by atoms with Crippen LogP contribution in [0.1, 0.15) is 5.76 Å². The van der Waals surface area contributed by atoms with E-state index in [4.69, 9.17) is 21.8 Å². The summed E-state index contributed by atoms with van der Waals surface area (Å²) >= 11 is 5.87. The summed E-state index contributed by atoms with van der Waals surface area (Å²) in [5.41, 5.74) is 6.22. The van der Waals surface area contributed by atoms with E-state index < -0.39 is 9.84 Å². The Labute approximate surface area is 145 Å². The summed E-state index contributed by atoms with van der Waals surface area (Å²) in [6, 6.07) is 15.0. The predicted octanol–water partition coefficient (Wildman–Crippen LogP) is 3.33. The molecular weight excluding hydrogens is 348 g/mol. The van der Waals surface area contributed by atoms with Gasteiger partial charge in [0.05, 0.1) is 4.90 Å². The number of benzene rings is 2. The van der Waals surface area contributed by atoms with E-state index in [1.54, 1.807) is 42.5 Å². The molecule has 0 radical (unpaired) electrons. The Morgan fingerprint density at radius 1 is 1.04 bits per heavy atom. The average Bonchev–Trinajstić information content (AvgIpc) is 3.01. The molecule has 0 atom stereocenters. The van der Waals surface area contributed by atoms with Gasteiger partial charge in [0.2, 0.25) is 20.8 Å². The number of halogens is 1. The fourth-order valence-electron chi connectivity index (χ4n) is 2.26. The summed E-state index contributed by atoms with van der Waals surface area (Å²) in [5.74, 6) is 0.482. The second kappa shape index (κ2) is 6.76. The first-order valence-electron chi connectivity index (χ1n) is 7.28. The minimum atomic E-state index is -3.77. The lowest BCUT2D eigenvalue weighted by atomic mass is 10.2. The van der Waals surface area contributed by atoms with Gasteiger partial charge >= 0.3 is 0 Å². The molecule has 1 heterocycles. The molecule has 2 N–H and O–H groups in total.